The molecule has 0 aliphatic heterocycles. The minimum absolute atomic E-state index is 0.160. The van der Waals surface area contributed by atoms with E-state index in [1.165, 1.54) is 0 Å². The van der Waals surface area contributed by atoms with Crippen LogP contribution in [0.5, 0.6) is 0 Å². The zero-order chi connectivity index (χ0) is 17.7. The average Bonchev–Trinajstić information content (AvgIpc) is 2.75. The van der Waals surface area contributed by atoms with Crippen LogP contribution >= 0.6 is 0 Å². The van der Waals surface area contributed by atoms with Gasteiger partial charge in [-0.25, -0.2) is 9.59 Å². The number of amides is 2. The molecule has 2 N–H and O–H groups in total. The van der Waals surface area contributed by atoms with Gasteiger partial charge in [-0.3, -0.25) is 10.6 Å². The lowest BCUT2D eigenvalue weighted by Gasteiger charge is -2.21. The van der Waals surface area contributed by atoms with E-state index < -0.39 is 23.4 Å². The maximum Gasteiger partial charge on any atom is 0.414 e. The van der Waals surface area contributed by atoms with Crippen LogP contribution in [0.3, 0.4) is 0 Å². The second-order valence-electron chi connectivity index (χ2n) is 6.44. The summed E-state index contributed by atoms with van der Waals surface area (Å²) in [5.74, 6) is -0.266. The molecule has 0 atom stereocenters. The Morgan fingerprint density at radius 1 is 1.04 bits per heavy atom. The summed E-state index contributed by atoms with van der Waals surface area (Å²) in [7, 11) is 0. The Balaban J connectivity index is 2.82. The minimum Gasteiger partial charge on any atom is -0.444 e. The molecule has 0 bridgehead atoms. The molecule has 0 saturated heterocycles. The Hall–Kier alpha value is -2.65. The van der Waals surface area contributed by atoms with Gasteiger partial charge in [-0.2, -0.15) is 4.99 Å². The van der Waals surface area contributed by atoms with Gasteiger partial charge in [0.05, 0.1) is 0 Å². The summed E-state index contributed by atoms with van der Waals surface area (Å²) in [6.45, 7) is 10.2. The predicted molar refractivity (Wildman–Crippen MR) is 80.1 cm³/mol. The molecule has 0 fully saturated rings. The van der Waals surface area contributed by atoms with Gasteiger partial charge in [0.15, 0.2) is 0 Å². The van der Waals surface area contributed by atoms with Crippen molar-refractivity contribution in [1.82, 2.24) is 20.8 Å². The van der Waals surface area contributed by atoms with Crippen LogP contribution in [0.4, 0.5) is 15.6 Å². The fraction of sp³-hybridized carbons (Fsp3) is 0.615. The van der Waals surface area contributed by atoms with Crippen molar-refractivity contribution in [3.8, 4) is 0 Å². The van der Waals surface area contributed by atoms with Gasteiger partial charge >= 0.3 is 18.2 Å². The predicted octanol–water partition coefficient (Wildman–Crippen LogP) is 2.11. The first kappa shape index (κ1) is 18.4. The second kappa shape index (κ2) is 7.07. The summed E-state index contributed by atoms with van der Waals surface area (Å²) in [6, 6.07) is -0.160. The molecule has 23 heavy (non-hydrogen) atoms. The smallest absolute Gasteiger partial charge is 0.414 e. The number of guanidine groups is 1. The van der Waals surface area contributed by atoms with Crippen molar-refractivity contribution in [2.24, 2.45) is 4.99 Å². The highest BCUT2D eigenvalue weighted by Crippen LogP contribution is 2.09. The number of rotatable bonds is 1. The Labute approximate surface area is 133 Å². The van der Waals surface area contributed by atoms with Crippen LogP contribution in [-0.4, -0.2) is 39.5 Å². The summed E-state index contributed by atoms with van der Waals surface area (Å²) in [4.78, 5) is 27.4. The number of hydrogen-bond acceptors (Lipinski definition) is 8. The van der Waals surface area contributed by atoms with E-state index in [1.807, 2.05) is 0 Å². The fourth-order valence-corrected chi connectivity index (χ4v) is 1.20. The van der Waals surface area contributed by atoms with E-state index >= 15 is 0 Å². The quantitative estimate of drug-likeness (QED) is 0.597. The molecule has 10 heteroatoms. The Morgan fingerprint density at radius 3 is 1.87 bits per heavy atom. The van der Waals surface area contributed by atoms with E-state index in [0.29, 0.717) is 0 Å². The molecular weight excluding hydrogens is 306 g/mol. The van der Waals surface area contributed by atoms with E-state index in [4.69, 9.17) is 13.9 Å². The van der Waals surface area contributed by atoms with Crippen molar-refractivity contribution in [2.75, 3.05) is 0 Å². The standard InChI is InChI=1S/C13H21N5O5/c1-12(2,3)22-10(19)16-8(15-9-18-14-7-21-9)17-11(20)23-13(4,5)6/h7H,1-6H3,(H2,15,16,17,18,19,20). The summed E-state index contributed by atoms with van der Waals surface area (Å²) >= 11 is 0. The van der Waals surface area contributed by atoms with Crippen LogP contribution < -0.4 is 10.6 Å². The molecule has 1 rings (SSSR count). The third-order valence-electron chi connectivity index (χ3n) is 1.79. The zero-order valence-corrected chi connectivity index (χ0v) is 14.0. The van der Waals surface area contributed by atoms with Crippen LogP contribution in [0, 0.1) is 0 Å². The summed E-state index contributed by atoms with van der Waals surface area (Å²) in [5.41, 5.74) is -1.43. The van der Waals surface area contributed by atoms with Crippen molar-refractivity contribution >= 4 is 24.2 Å². The van der Waals surface area contributed by atoms with Gasteiger partial charge in [0.2, 0.25) is 12.4 Å². The molecule has 1 heterocycles. The number of aromatic nitrogens is 2. The zero-order valence-electron chi connectivity index (χ0n) is 14.0. The molecular formula is C13H21N5O5. The summed E-state index contributed by atoms with van der Waals surface area (Å²) in [5, 5.41) is 11.5. The second-order valence-corrected chi connectivity index (χ2v) is 6.44. The van der Waals surface area contributed by atoms with Crippen molar-refractivity contribution in [1.29, 1.82) is 0 Å². The number of ether oxygens (including phenoxy) is 2. The third kappa shape index (κ3) is 8.39. The molecule has 0 unspecified atom stereocenters. The number of nitrogens with one attached hydrogen (secondary N) is 2. The highest BCUT2D eigenvalue weighted by Gasteiger charge is 2.21. The Morgan fingerprint density at radius 2 is 1.52 bits per heavy atom. The molecule has 128 valence electrons. The van der Waals surface area contributed by atoms with Crippen LogP contribution in [-0.2, 0) is 9.47 Å². The summed E-state index contributed by atoms with van der Waals surface area (Å²) < 4.78 is 15.0. The number of carbonyl (C=O) groups excluding carboxylic acids is 2. The molecule has 0 radical (unpaired) electrons. The molecule has 0 saturated carbocycles. The van der Waals surface area contributed by atoms with Crippen molar-refractivity contribution in [2.45, 2.75) is 52.7 Å². The minimum atomic E-state index is -0.813. The SMILES string of the molecule is CC(C)(C)OC(=O)NC(=Nc1nnco1)NC(=O)OC(C)(C)C. The van der Waals surface area contributed by atoms with Gasteiger partial charge in [0.1, 0.15) is 11.2 Å². The van der Waals surface area contributed by atoms with Gasteiger partial charge in [-0.05, 0) is 41.5 Å². The molecule has 2 amide bonds. The van der Waals surface area contributed by atoms with Crippen LogP contribution in [0.1, 0.15) is 41.5 Å². The Bertz CT molecular complexity index is 537. The normalized spacial score (nSPS) is 11.4. The first-order valence-electron chi connectivity index (χ1n) is 6.79. The Kier molecular flexibility index (Phi) is 5.66. The first-order valence-corrected chi connectivity index (χ1v) is 6.79. The van der Waals surface area contributed by atoms with Gasteiger partial charge in [-0.15, -0.1) is 5.10 Å². The molecule has 1 aromatic rings. The third-order valence-corrected chi connectivity index (χ3v) is 1.79. The van der Waals surface area contributed by atoms with E-state index in [9.17, 15) is 9.59 Å². The summed E-state index contributed by atoms with van der Waals surface area (Å²) in [6.07, 6.45) is -0.573. The lowest BCUT2D eigenvalue weighted by Crippen LogP contribution is -2.47. The van der Waals surface area contributed by atoms with Crippen molar-refractivity contribution in [3.05, 3.63) is 6.39 Å². The largest absolute Gasteiger partial charge is 0.444 e. The molecule has 0 aromatic carbocycles. The number of aliphatic imine (C=N–C) groups is 1. The van der Waals surface area contributed by atoms with Gasteiger partial charge in [-0.1, -0.05) is 5.10 Å². The van der Waals surface area contributed by atoms with Gasteiger partial charge in [0.25, 0.3) is 0 Å². The molecule has 0 aliphatic carbocycles. The lowest BCUT2D eigenvalue weighted by atomic mass is 10.2. The topological polar surface area (TPSA) is 128 Å². The fourth-order valence-electron chi connectivity index (χ4n) is 1.20. The number of carbonyl (C=O) groups is 2. The first-order chi connectivity index (χ1) is 10.4. The van der Waals surface area contributed by atoms with Gasteiger partial charge in [0, 0.05) is 0 Å². The number of alkyl carbamates (subject to hydrolysis) is 2. The van der Waals surface area contributed by atoms with E-state index in [-0.39, 0.29) is 12.0 Å². The van der Waals surface area contributed by atoms with E-state index in [1.54, 1.807) is 41.5 Å². The number of hydrogen-bond donors (Lipinski definition) is 2. The molecule has 0 aliphatic rings. The van der Waals surface area contributed by atoms with Crippen molar-refractivity contribution < 1.29 is 23.5 Å². The van der Waals surface area contributed by atoms with Crippen LogP contribution in [0.15, 0.2) is 15.8 Å². The van der Waals surface area contributed by atoms with E-state index in [0.717, 1.165) is 6.39 Å². The average molecular weight is 327 g/mol. The molecule has 0 spiro atoms. The highest BCUT2D eigenvalue weighted by atomic mass is 16.6. The lowest BCUT2D eigenvalue weighted by molar-refractivity contribution is 0.0545. The molecule has 10 nitrogen and oxygen atoms in total. The maximum atomic E-state index is 11.8. The highest BCUT2D eigenvalue weighted by molar-refractivity contribution is 6.02. The van der Waals surface area contributed by atoms with E-state index in [2.05, 4.69) is 25.8 Å². The maximum absolute atomic E-state index is 11.8. The monoisotopic (exact) mass is 327 g/mol. The van der Waals surface area contributed by atoms with Gasteiger partial charge < -0.3 is 13.9 Å². The number of nitrogens with zero attached hydrogens (tertiary/aromatic N) is 3. The van der Waals surface area contributed by atoms with Crippen LogP contribution in [0.2, 0.25) is 0 Å². The molecule has 1 aromatic heterocycles. The van der Waals surface area contributed by atoms with Crippen molar-refractivity contribution in [3.63, 3.8) is 0 Å². The van der Waals surface area contributed by atoms with Crippen LogP contribution in [0.25, 0.3) is 0 Å².